The number of hydrogen-bond donors (Lipinski definition) is 5. The number of ether oxygens (including phenoxy) is 1. The number of nitrogens with one attached hydrogen (secondary N) is 1. The summed E-state index contributed by atoms with van der Waals surface area (Å²) in [6, 6.07) is 1.20. The second-order valence-electron chi connectivity index (χ2n) is 5.57. The first-order valence-electron chi connectivity index (χ1n) is 6.37. The molecule has 1 amide bonds. The SMILES string of the molecule is CC(C)(C)OC(=O)NCC(O)C(O)c1cnc(N)c(O)c1. The Morgan fingerprint density at radius 1 is 1.48 bits per heavy atom. The number of aliphatic hydroxyl groups excluding tert-OH is 2. The van der Waals surface area contributed by atoms with Gasteiger partial charge in [-0.15, -0.1) is 0 Å². The average molecular weight is 299 g/mol. The second-order valence-corrected chi connectivity index (χ2v) is 5.57. The predicted molar refractivity (Wildman–Crippen MR) is 75.5 cm³/mol. The van der Waals surface area contributed by atoms with Gasteiger partial charge < -0.3 is 31.1 Å². The third-order valence-corrected chi connectivity index (χ3v) is 2.48. The van der Waals surface area contributed by atoms with Crippen molar-refractivity contribution in [3.63, 3.8) is 0 Å². The molecule has 118 valence electrons. The number of nitrogens with zero attached hydrogens (tertiary/aromatic N) is 1. The second kappa shape index (κ2) is 6.59. The minimum Gasteiger partial charge on any atom is -0.504 e. The molecule has 0 saturated heterocycles. The quantitative estimate of drug-likeness (QED) is 0.538. The first-order valence-corrected chi connectivity index (χ1v) is 6.37. The van der Waals surface area contributed by atoms with Crippen molar-refractivity contribution in [1.82, 2.24) is 10.3 Å². The maximum Gasteiger partial charge on any atom is 0.407 e. The van der Waals surface area contributed by atoms with Gasteiger partial charge in [0, 0.05) is 18.3 Å². The summed E-state index contributed by atoms with van der Waals surface area (Å²) >= 11 is 0. The summed E-state index contributed by atoms with van der Waals surface area (Å²) in [7, 11) is 0. The van der Waals surface area contributed by atoms with E-state index in [2.05, 4.69) is 10.3 Å². The molecule has 1 rings (SSSR count). The number of aliphatic hydroxyl groups is 2. The Bertz CT molecular complexity index is 501. The lowest BCUT2D eigenvalue weighted by molar-refractivity contribution is 0.0127. The summed E-state index contributed by atoms with van der Waals surface area (Å²) in [5.74, 6) is -0.369. The Morgan fingerprint density at radius 3 is 2.62 bits per heavy atom. The lowest BCUT2D eigenvalue weighted by Crippen LogP contribution is -2.38. The van der Waals surface area contributed by atoms with E-state index in [-0.39, 0.29) is 23.7 Å². The molecule has 2 unspecified atom stereocenters. The molecule has 0 aliphatic carbocycles. The summed E-state index contributed by atoms with van der Waals surface area (Å²) in [4.78, 5) is 15.1. The molecule has 0 aliphatic heterocycles. The molecule has 8 heteroatoms. The molecule has 21 heavy (non-hydrogen) atoms. The molecule has 0 aliphatic rings. The molecule has 1 aromatic rings. The Morgan fingerprint density at radius 2 is 2.10 bits per heavy atom. The van der Waals surface area contributed by atoms with E-state index in [1.165, 1.54) is 12.3 Å². The molecule has 1 heterocycles. The van der Waals surface area contributed by atoms with E-state index in [0.29, 0.717) is 0 Å². The number of anilines is 1. The minimum atomic E-state index is -1.33. The van der Waals surface area contributed by atoms with Gasteiger partial charge in [0.1, 0.15) is 17.8 Å². The highest BCUT2D eigenvalue weighted by Crippen LogP contribution is 2.23. The van der Waals surface area contributed by atoms with Gasteiger partial charge in [-0.3, -0.25) is 0 Å². The van der Waals surface area contributed by atoms with E-state index in [0.717, 1.165) is 0 Å². The van der Waals surface area contributed by atoms with Crippen LogP contribution in [0.1, 0.15) is 32.4 Å². The fourth-order valence-corrected chi connectivity index (χ4v) is 1.48. The summed E-state index contributed by atoms with van der Waals surface area (Å²) in [5.41, 5.74) is 4.87. The number of aromatic hydroxyl groups is 1. The van der Waals surface area contributed by atoms with Crippen LogP contribution in [0.2, 0.25) is 0 Å². The van der Waals surface area contributed by atoms with Crippen molar-refractivity contribution in [3.8, 4) is 5.75 Å². The highest BCUT2D eigenvalue weighted by atomic mass is 16.6. The Balaban J connectivity index is 2.56. The summed E-state index contributed by atoms with van der Waals surface area (Å²) in [6.45, 7) is 4.91. The van der Waals surface area contributed by atoms with Crippen LogP contribution in [-0.2, 0) is 4.74 Å². The van der Waals surface area contributed by atoms with Crippen LogP contribution in [0.3, 0.4) is 0 Å². The molecular weight excluding hydrogens is 278 g/mol. The van der Waals surface area contributed by atoms with Crippen LogP contribution in [0.15, 0.2) is 12.3 Å². The lowest BCUT2D eigenvalue weighted by atomic mass is 10.1. The van der Waals surface area contributed by atoms with E-state index in [1.807, 2.05) is 0 Å². The van der Waals surface area contributed by atoms with Gasteiger partial charge in [0.15, 0.2) is 11.6 Å². The Kier molecular flexibility index (Phi) is 5.34. The first kappa shape index (κ1) is 17.0. The zero-order valence-electron chi connectivity index (χ0n) is 12.2. The molecule has 0 fully saturated rings. The number of carbonyl (C=O) groups excluding carboxylic acids is 1. The molecule has 0 aromatic carbocycles. The fourth-order valence-electron chi connectivity index (χ4n) is 1.48. The van der Waals surface area contributed by atoms with Crippen LogP contribution in [-0.4, -0.2) is 44.6 Å². The molecular formula is C13H21N3O5. The van der Waals surface area contributed by atoms with Crippen molar-refractivity contribution in [1.29, 1.82) is 0 Å². The lowest BCUT2D eigenvalue weighted by Gasteiger charge is -2.22. The van der Waals surface area contributed by atoms with E-state index < -0.39 is 23.9 Å². The fraction of sp³-hybridized carbons (Fsp3) is 0.538. The van der Waals surface area contributed by atoms with E-state index in [9.17, 15) is 20.1 Å². The zero-order chi connectivity index (χ0) is 16.2. The standard InChI is InChI=1S/C13H21N3O5/c1-13(2,3)21-12(20)16-6-9(18)10(19)7-4-8(17)11(14)15-5-7/h4-5,9-10,17-19H,6H2,1-3H3,(H2,14,15)(H,16,20). The number of hydrogen-bond acceptors (Lipinski definition) is 7. The monoisotopic (exact) mass is 299 g/mol. The Labute approximate surface area is 122 Å². The minimum absolute atomic E-state index is 0.0766. The highest BCUT2D eigenvalue weighted by molar-refractivity contribution is 5.67. The largest absolute Gasteiger partial charge is 0.504 e. The van der Waals surface area contributed by atoms with Crippen molar-refractivity contribution in [2.45, 2.75) is 38.6 Å². The molecule has 0 bridgehead atoms. The van der Waals surface area contributed by atoms with Crippen molar-refractivity contribution in [2.75, 3.05) is 12.3 Å². The summed E-state index contributed by atoms with van der Waals surface area (Å²) in [5, 5.41) is 31.5. The number of pyridine rings is 1. The van der Waals surface area contributed by atoms with Crippen LogP contribution >= 0.6 is 0 Å². The van der Waals surface area contributed by atoms with Crippen molar-refractivity contribution in [3.05, 3.63) is 17.8 Å². The molecule has 0 saturated carbocycles. The number of nitrogens with two attached hydrogens (primary N) is 1. The normalized spacial score (nSPS) is 14.3. The summed E-state index contributed by atoms with van der Waals surface area (Å²) in [6.07, 6.45) is -2.09. The molecule has 2 atom stereocenters. The summed E-state index contributed by atoms with van der Waals surface area (Å²) < 4.78 is 5.00. The van der Waals surface area contributed by atoms with Gasteiger partial charge in [0.05, 0.1) is 0 Å². The third-order valence-electron chi connectivity index (χ3n) is 2.48. The smallest absolute Gasteiger partial charge is 0.407 e. The maximum absolute atomic E-state index is 11.4. The van der Waals surface area contributed by atoms with Gasteiger partial charge in [-0.05, 0) is 26.8 Å². The van der Waals surface area contributed by atoms with Gasteiger partial charge in [-0.2, -0.15) is 0 Å². The van der Waals surface area contributed by atoms with Crippen LogP contribution < -0.4 is 11.1 Å². The third kappa shape index (κ3) is 5.44. The van der Waals surface area contributed by atoms with Crippen LogP contribution in [0.25, 0.3) is 0 Å². The van der Waals surface area contributed by atoms with Crippen molar-refractivity contribution < 1.29 is 24.9 Å². The molecule has 8 nitrogen and oxygen atoms in total. The van der Waals surface area contributed by atoms with Crippen LogP contribution in [0, 0.1) is 0 Å². The first-order chi connectivity index (χ1) is 9.60. The molecule has 0 spiro atoms. The Hall–Kier alpha value is -2.06. The molecule has 6 N–H and O–H groups in total. The maximum atomic E-state index is 11.4. The van der Waals surface area contributed by atoms with Gasteiger partial charge in [-0.25, -0.2) is 9.78 Å². The number of aromatic nitrogens is 1. The zero-order valence-corrected chi connectivity index (χ0v) is 12.2. The number of nitrogen functional groups attached to an aromatic ring is 1. The van der Waals surface area contributed by atoms with Crippen LogP contribution in [0.5, 0.6) is 5.75 Å². The van der Waals surface area contributed by atoms with E-state index >= 15 is 0 Å². The van der Waals surface area contributed by atoms with E-state index in [1.54, 1.807) is 20.8 Å². The van der Waals surface area contributed by atoms with Crippen LogP contribution in [0.4, 0.5) is 10.6 Å². The number of carbonyl (C=O) groups is 1. The van der Waals surface area contributed by atoms with Crippen molar-refractivity contribution in [2.24, 2.45) is 0 Å². The number of rotatable bonds is 4. The molecule has 1 aromatic heterocycles. The van der Waals surface area contributed by atoms with Gasteiger partial charge in [0.25, 0.3) is 0 Å². The average Bonchev–Trinajstić information content (AvgIpc) is 2.36. The van der Waals surface area contributed by atoms with Gasteiger partial charge >= 0.3 is 6.09 Å². The van der Waals surface area contributed by atoms with Gasteiger partial charge in [0.2, 0.25) is 0 Å². The molecule has 0 radical (unpaired) electrons. The van der Waals surface area contributed by atoms with Gasteiger partial charge in [-0.1, -0.05) is 0 Å². The number of alkyl carbamates (subject to hydrolysis) is 1. The highest BCUT2D eigenvalue weighted by Gasteiger charge is 2.22. The predicted octanol–water partition coefficient (Wildman–Crippen LogP) is 0.288. The van der Waals surface area contributed by atoms with E-state index in [4.69, 9.17) is 10.5 Å². The topological polar surface area (TPSA) is 138 Å². The van der Waals surface area contributed by atoms with Crippen molar-refractivity contribution >= 4 is 11.9 Å². The number of amides is 1.